The van der Waals surface area contributed by atoms with E-state index < -0.39 is 11.0 Å². The van der Waals surface area contributed by atoms with Crippen LogP contribution in [0.2, 0.25) is 0 Å². The van der Waals surface area contributed by atoms with Crippen LogP contribution in [0.1, 0.15) is 37.7 Å². The Labute approximate surface area is 219 Å². The van der Waals surface area contributed by atoms with Crippen LogP contribution in [0.3, 0.4) is 0 Å². The van der Waals surface area contributed by atoms with Gasteiger partial charge in [-0.05, 0) is 50.5 Å². The standard InChI is InChI=1S/C25H30N6O5S/c1-5-18-8-11-20(12-9-18)36-17(4)24(33)26-14-22-28-29-25(30(22)6-2)37-15-23(32)27-21-13-19(31(34)35)10-7-16(21)3/h7-13,17H,5-6,14-15H2,1-4H3,(H,26,33)(H,27,32)/t17-/m1/s1. The highest BCUT2D eigenvalue weighted by molar-refractivity contribution is 7.99. The lowest BCUT2D eigenvalue weighted by molar-refractivity contribution is -0.384. The third kappa shape index (κ3) is 7.53. The molecule has 11 nitrogen and oxygen atoms in total. The van der Waals surface area contributed by atoms with Crippen LogP contribution < -0.4 is 15.4 Å². The summed E-state index contributed by atoms with van der Waals surface area (Å²) >= 11 is 1.19. The van der Waals surface area contributed by atoms with Crippen molar-refractivity contribution < 1.29 is 19.2 Å². The zero-order valence-electron chi connectivity index (χ0n) is 21.2. The first kappa shape index (κ1) is 27.7. The fourth-order valence-electron chi connectivity index (χ4n) is 3.42. The van der Waals surface area contributed by atoms with E-state index in [1.54, 1.807) is 19.9 Å². The molecule has 0 fully saturated rings. The Kier molecular flexibility index (Phi) is 9.61. The number of anilines is 1. The molecule has 1 atom stereocenters. The van der Waals surface area contributed by atoms with Crippen molar-refractivity contribution in [3.63, 3.8) is 0 Å². The zero-order chi connectivity index (χ0) is 26.9. The Balaban J connectivity index is 1.53. The van der Waals surface area contributed by atoms with Crippen molar-refractivity contribution in [1.82, 2.24) is 20.1 Å². The number of nitrogens with zero attached hydrogens (tertiary/aromatic N) is 4. The Hall–Kier alpha value is -3.93. The molecule has 12 heteroatoms. The second kappa shape index (κ2) is 12.9. The molecule has 0 aliphatic rings. The van der Waals surface area contributed by atoms with Gasteiger partial charge in [-0.3, -0.25) is 19.7 Å². The predicted octanol–water partition coefficient (Wildman–Crippen LogP) is 3.89. The fourth-order valence-corrected chi connectivity index (χ4v) is 4.24. The minimum absolute atomic E-state index is 0.0360. The van der Waals surface area contributed by atoms with Crippen molar-refractivity contribution in [3.8, 4) is 5.75 Å². The SMILES string of the molecule is CCc1ccc(O[C@H](C)C(=O)NCc2nnc(SCC(=O)Nc3cc([N+](=O)[O-])ccc3C)n2CC)cc1. The second-order valence-electron chi connectivity index (χ2n) is 8.21. The highest BCUT2D eigenvalue weighted by Crippen LogP contribution is 2.23. The zero-order valence-corrected chi connectivity index (χ0v) is 22.0. The normalized spacial score (nSPS) is 11.6. The minimum atomic E-state index is -0.694. The highest BCUT2D eigenvalue weighted by atomic mass is 32.2. The molecule has 196 valence electrons. The molecular weight excluding hydrogens is 496 g/mol. The average Bonchev–Trinajstić information content (AvgIpc) is 3.29. The van der Waals surface area contributed by atoms with Crippen LogP contribution in [0, 0.1) is 17.0 Å². The molecule has 1 aromatic heterocycles. The van der Waals surface area contributed by atoms with Gasteiger partial charge in [0.15, 0.2) is 17.1 Å². The number of nitro benzene ring substituents is 1. The lowest BCUT2D eigenvalue weighted by atomic mass is 10.2. The van der Waals surface area contributed by atoms with Crippen LogP contribution in [0.15, 0.2) is 47.6 Å². The van der Waals surface area contributed by atoms with E-state index in [0.29, 0.717) is 29.0 Å². The Bertz CT molecular complexity index is 1260. The van der Waals surface area contributed by atoms with Gasteiger partial charge >= 0.3 is 0 Å². The molecule has 0 aliphatic heterocycles. The first-order valence-electron chi connectivity index (χ1n) is 11.8. The number of thioether (sulfide) groups is 1. The molecule has 0 saturated heterocycles. The van der Waals surface area contributed by atoms with E-state index in [0.717, 1.165) is 12.0 Å². The molecule has 2 aromatic carbocycles. The molecule has 3 rings (SSSR count). The molecule has 0 radical (unpaired) electrons. The molecule has 1 heterocycles. The second-order valence-corrected chi connectivity index (χ2v) is 9.15. The van der Waals surface area contributed by atoms with Crippen molar-refractivity contribution in [2.45, 2.75) is 58.5 Å². The van der Waals surface area contributed by atoms with E-state index in [2.05, 4.69) is 27.8 Å². The number of benzene rings is 2. The summed E-state index contributed by atoms with van der Waals surface area (Å²) in [6.07, 6.45) is 0.233. The van der Waals surface area contributed by atoms with E-state index in [9.17, 15) is 19.7 Å². The van der Waals surface area contributed by atoms with Gasteiger partial charge in [-0.2, -0.15) is 0 Å². The Morgan fingerprint density at radius 1 is 1.16 bits per heavy atom. The van der Waals surface area contributed by atoms with Crippen LogP contribution >= 0.6 is 11.8 Å². The van der Waals surface area contributed by atoms with Crippen molar-refractivity contribution in [2.24, 2.45) is 0 Å². The highest BCUT2D eigenvalue weighted by Gasteiger charge is 2.18. The van der Waals surface area contributed by atoms with E-state index >= 15 is 0 Å². The lowest BCUT2D eigenvalue weighted by Gasteiger charge is -2.15. The van der Waals surface area contributed by atoms with Gasteiger partial charge in [-0.15, -0.1) is 10.2 Å². The average molecular weight is 527 g/mol. The summed E-state index contributed by atoms with van der Waals surface area (Å²) in [7, 11) is 0. The largest absolute Gasteiger partial charge is 0.481 e. The number of hydrogen-bond acceptors (Lipinski definition) is 8. The molecule has 0 unspecified atom stereocenters. The van der Waals surface area contributed by atoms with Gasteiger partial charge in [0.2, 0.25) is 5.91 Å². The van der Waals surface area contributed by atoms with Crippen LogP contribution in [-0.4, -0.2) is 43.4 Å². The van der Waals surface area contributed by atoms with E-state index in [1.807, 2.05) is 35.8 Å². The maximum absolute atomic E-state index is 12.5. The van der Waals surface area contributed by atoms with E-state index in [1.165, 1.54) is 29.5 Å². The maximum atomic E-state index is 12.5. The van der Waals surface area contributed by atoms with Crippen molar-refractivity contribution >= 4 is 35.0 Å². The quantitative estimate of drug-likeness (QED) is 0.206. The van der Waals surface area contributed by atoms with E-state index in [4.69, 9.17) is 4.74 Å². The van der Waals surface area contributed by atoms with Gasteiger partial charge < -0.3 is 19.9 Å². The molecule has 0 aliphatic carbocycles. The first-order valence-corrected chi connectivity index (χ1v) is 12.8. The number of hydrogen-bond donors (Lipinski definition) is 2. The molecule has 3 aromatic rings. The summed E-state index contributed by atoms with van der Waals surface area (Å²) in [6, 6.07) is 11.9. The minimum Gasteiger partial charge on any atom is -0.481 e. The predicted molar refractivity (Wildman–Crippen MR) is 141 cm³/mol. The summed E-state index contributed by atoms with van der Waals surface area (Å²) in [4.78, 5) is 35.5. The fraction of sp³-hybridized carbons (Fsp3) is 0.360. The number of amides is 2. The van der Waals surface area contributed by atoms with Crippen LogP contribution in [0.4, 0.5) is 11.4 Å². The van der Waals surface area contributed by atoms with E-state index in [-0.39, 0.29) is 29.8 Å². The number of ether oxygens (including phenoxy) is 1. The van der Waals surface area contributed by atoms with Gasteiger partial charge in [0.25, 0.3) is 11.6 Å². The molecule has 0 saturated carbocycles. The number of nitro groups is 1. The summed E-state index contributed by atoms with van der Waals surface area (Å²) in [6.45, 7) is 8.12. The Morgan fingerprint density at radius 2 is 1.89 bits per heavy atom. The molecule has 0 bridgehead atoms. The number of non-ortho nitro benzene ring substituents is 1. The number of nitrogens with one attached hydrogen (secondary N) is 2. The van der Waals surface area contributed by atoms with Gasteiger partial charge in [-0.1, -0.05) is 36.9 Å². The number of carbonyl (C=O) groups is 2. The summed E-state index contributed by atoms with van der Waals surface area (Å²) < 4.78 is 7.54. The van der Waals surface area contributed by atoms with Crippen LogP contribution in [0.5, 0.6) is 5.75 Å². The van der Waals surface area contributed by atoms with Gasteiger partial charge in [0.05, 0.1) is 22.9 Å². The number of aryl methyl sites for hydroxylation is 2. The molecule has 37 heavy (non-hydrogen) atoms. The van der Waals surface area contributed by atoms with Gasteiger partial charge in [0, 0.05) is 18.7 Å². The van der Waals surface area contributed by atoms with Crippen LogP contribution in [-0.2, 0) is 29.1 Å². The van der Waals surface area contributed by atoms with Crippen molar-refractivity contribution in [1.29, 1.82) is 0 Å². The smallest absolute Gasteiger partial charge is 0.271 e. The topological polar surface area (TPSA) is 141 Å². The molecular formula is C25H30N6O5S. The first-order chi connectivity index (χ1) is 17.7. The molecule has 2 amide bonds. The third-order valence-electron chi connectivity index (χ3n) is 5.58. The van der Waals surface area contributed by atoms with Crippen molar-refractivity contribution in [3.05, 3.63) is 69.5 Å². The number of carbonyl (C=O) groups excluding carboxylic acids is 2. The Morgan fingerprint density at radius 3 is 2.54 bits per heavy atom. The maximum Gasteiger partial charge on any atom is 0.271 e. The third-order valence-corrected chi connectivity index (χ3v) is 6.55. The number of rotatable bonds is 12. The van der Waals surface area contributed by atoms with Gasteiger partial charge in [-0.25, -0.2) is 0 Å². The summed E-state index contributed by atoms with van der Waals surface area (Å²) in [5.74, 6) is 0.591. The monoisotopic (exact) mass is 526 g/mol. The van der Waals surface area contributed by atoms with Crippen molar-refractivity contribution in [2.75, 3.05) is 11.1 Å². The summed E-state index contributed by atoms with van der Waals surface area (Å²) in [5.41, 5.74) is 2.20. The lowest BCUT2D eigenvalue weighted by Crippen LogP contribution is -2.36. The van der Waals surface area contributed by atoms with Gasteiger partial charge in [0.1, 0.15) is 5.75 Å². The number of aromatic nitrogens is 3. The summed E-state index contributed by atoms with van der Waals surface area (Å²) in [5, 5.41) is 25.4. The van der Waals surface area contributed by atoms with Crippen LogP contribution in [0.25, 0.3) is 0 Å². The molecule has 2 N–H and O–H groups in total. The molecule has 0 spiro atoms.